The highest BCUT2D eigenvalue weighted by Crippen LogP contribution is 2.47. The van der Waals surface area contributed by atoms with Gasteiger partial charge in [0, 0.05) is 5.56 Å². The maximum atomic E-state index is 13.4. The first-order valence-electron chi connectivity index (χ1n) is 6.87. The third kappa shape index (κ3) is 2.85. The van der Waals surface area contributed by atoms with E-state index in [9.17, 15) is 26.4 Å². The Morgan fingerprint density at radius 1 is 1.20 bits per heavy atom. The van der Waals surface area contributed by atoms with E-state index in [2.05, 4.69) is 4.99 Å². The molecule has 3 rings (SSSR count). The number of hydrogen-bond donors (Lipinski definition) is 2. The summed E-state index contributed by atoms with van der Waals surface area (Å²) in [6.45, 7) is 0.0655. The third-order valence-electron chi connectivity index (χ3n) is 3.77. The summed E-state index contributed by atoms with van der Waals surface area (Å²) in [5, 5.41) is 0. The van der Waals surface area contributed by atoms with Gasteiger partial charge in [-0.05, 0) is 12.1 Å². The van der Waals surface area contributed by atoms with Crippen molar-refractivity contribution in [2.45, 2.75) is 16.9 Å². The van der Waals surface area contributed by atoms with Crippen LogP contribution in [0.3, 0.4) is 0 Å². The molecule has 8 nitrogen and oxygen atoms in total. The molecule has 25 heavy (non-hydrogen) atoms. The van der Waals surface area contributed by atoms with E-state index >= 15 is 0 Å². The van der Waals surface area contributed by atoms with Gasteiger partial charge in [-0.15, -0.1) is 0 Å². The summed E-state index contributed by atoms with van der Waals surface area (Å²) in [7, 11) is -4.02. The third-order valence-corrected chi connectivity index (χ3v) is 5.53. The van der Waals surface area contributed by atoms with Crippen LogP contribution in [0.2, 0.25) is 0 Å². The Labute approximate surface area is 139 Å². The highest BCUT2D eigenvalue weighted by Gasteiger charge is 2.53. The van der Waals surface area contributed by atoms with E-state index in [1.165, 1.54) is 0 Å². The summed E-state index contributed by atoms with van der Waals surface area (Å²) in [6, 6.07) is 1.16. The molecule has 2 aliphatic rings. The Morgan fingerprint density at radius 3 is 2.32 bits per heavy atom. The average Bonchev–Trinajstić information content (AvgIpc) is 3.00. The number of nitrogens with two attached hydrogens (primary N) is 2. The van der Waals surface area contributed by atoms with Crippen molar-refractivity contribution in [3.8, 4) is 0 Å². The molecule has 1 spiro atoms. The van der Waals surface area contributed by atoms with Gasteiger partial charge in [0.25, 0.3) is 5.91 Å². The number of carbonyl (C=O) groups is 1. The van der Waals surface area contributed by atoms with E-state index in [1.54, 1.807) is 0 Å². The molecule has 0 atom stereocenters. The van der Waals surface area contributed by atoms with Crippen LogP contribution in [0.5, 0.6) is 0 Å². The van der Waals surface area contributed by atoms with Gasteiger partial charge >= 0.3 is 6.18 Å². The van der Waals surface area contributed by atoms with Gasteiger partial charge in [0.15, 0.2) is 15.8 Å². The number of sulfone groups is 1. The number of hydrogen-bond acceptors (Lipinski definition) is 5. The van der Waals surface area contributed by atoms with Gasteiger partial charge < -0.3 is 20.9 Å². The number of halogens is 3. The lowest BCUT2D eigenvalue weighted by atomic mass is 9.98. The van der Waals surface area contributed by atoms with Crippen molar-refractivity contribution < 1.29 is 35.9 Å². The molecule has 0 aliphatic carbocycles. The van der Waals surface area contributed by atoms with Crippen LogP contribution in [0.15, 0.2) is 22.0 Å². The predicted molar refractivity (Wildman–Crippen MR) is 77.2 cm³/mol. The highest BCUT2D eigenvalue weighted by molar-refractivity contribution is 7.91. The van der Waals surface area contributed by atoms with Gasteiger partial charge in [-0.25, -0.2) is 8.42 Å². The number of fused-ring (bicyclic) bond motifs is 2. The molecule has 0 radical (unpaired) electrons. The molecule has 1 saturated heterocycles. The second kappa shape index (κ2) is 5.41. The van der Waals surface area contributed by atoms with E-state index in [1.807, 2.05) is 0 Å². The molecule has 0 unspecified atom stereocenters. The zero-order chi connectivity index (χ0) is 18.6. The van der Waals surface area contributed by atoms with E-state index in [-0.39, 0.29) is 18.8 Å². The number of guanidine groups is 1. The maximum absolute atomic E-state index is 13.4. The fourth-order valence-corrected chi connectivity index (χ4v) is 4.65. The number of aliphatic imine (C=N–C) groups is 1. The largest absolute Gasteiger partial charge is 0.417 e. The van der Waals surface area contributed by atoms with E-state index in [0.717, 1.165) is 0 Å². The molecule has 1 aromatic rings. The van der Waals surface area contributed by atoms with Gasteiger partial charge in [0.2, 0.25) is 5.79 Å². The first-order valence-corrected chi connectivity index (χ1v) is 8.52. The second-order valence-electron chi connectivity index (χ2n) is 5.44. The molecule has 1 aromatic carbocycles. The Hall–Kier alpha value is -2.18. The quantitative estimate of drug-likeness (QED) is 0.522. The van der Waals surface area contributed by atoms with Gasteiger partial charge in [-0.1, -0.05) is 0 Å². The van der Waals surface area contributed by atoms with Gasteiger partial charge in [-0.2, -0.15) is 18.2 Å². The average molecular weight is 379 g/mol. The SMILES string of the molecule is NC(N)=NC(=O)c1cc2c(cc1C(F)(F)F)C1(CS2(=O)=O)OCCO1. The summed E-state index contributed by atoms with van der Waals surface area (Å²) >= 11 is 0. The first kappa shape index (κ1) is 17.6. The Bertz CT molecular complexity index is 885. The number of amides is 1. The molecule has 1 amide bonds. The Kier molecular flexibility index (Phi) is 3.82. The molecule has 0 aromatic heterocycles. The van der Waals surface area contributed by atoms with Crippen molar-refractivity contribution in [1.29, 1.82) is 0 Å². The lowest BCUT2D eigenvalue weighted by Gasteiger charge is -2.22. The number of nitrogens with zero attached hydrogens (tertiary/aromatic N) is 1. The molecule has 1 fully saturated rings. The number of rotatable bonds is 1. The van der Waals surface area contributed by atoms with Crippen molar-refractivity contribution in [3.63, 3.8) is 0 Å². The Balaban J connectivity index is 2.30. The minimum atomic E-state index is -4.95. The summed E-state index contributed by atoms with van der Waals surface area (Å²) < 4.78 is 75.4. The van der Waals surface area contributed by atoms with Crippen LogP contribution in [0.4, 0.5) is 13.2 Å². The van der Waals surface area contributed by atoms with Gasteiger partial charge in [0.1, 0.15) is 5.75 Å². The van der Waals surface area contributed by atoms with Crippen LogP contribution >= 0.6 is 0 Å². The van der Waals surface area contributed by atoms with Crippen molar-refractivity contribution in [1.82, 2.24) is 0 Å². The molecule has 0 saturated carbocycles. The predicted octanol–water partition coefficient (Wildman–Crippen LogP) is 0.106. The van der Waals surface area contributed by atoms with Crippen LogP contribution < -0.4 is 11.5 Å². The molecule has 136 valence electrons. The zero-order valence-electron chi connectivity index (χ0n) is 12.5. The topological polar surface area (TPSA) is 134 Å². The molecule has 4 N–H and O–H groups in total. The molecule has 12 heteroatoms. The molecule has 0 bridgehead atoms. The summed E-state index contributed by atoms with van der Waals surface area (Å²) in [5.74, 6) is -4.63. The van der Waals surface area contributed by atoms with Gasteiger partial charge in [0.05, 0.1) is 29.2 Å². The van der Waals surface area contributed by atoms with E-state index < -0.39 is 55.4 Å². The lowest BCUT2D eigenvalue weighted by Crippen LogP contribution is -2.29. The fraction of sp³-hybridized carbons (Fsp3) is 0.385. The van der Waals surface area contributed by atoms with Gasteiger partial charge in [-0.3, -0.25) is 4.79 Å². The molecular formula is C13H12F3N3O5S. The number of alkyl halides is 3. The van der Waals surface area contributed by atoms with Crippen LogP contribution in [0, 0.1) is 0 Å². The van der Waals surface area contributed by atoms with Crippen molar-refractivity contribution in [3.05, 3.63) is 28.8 Å². The van der Waals surface area contributed by atoms with Crippen molar-refractivity contribution >= 4 is 21.7 Å². The van der Waals surface area contributed by atoms with Crippen molar-refractivity contribution in [2.24, 2.45) is 16.5 Å². The fourth-order valence-electron chi connectivity index (χ4n) is 2.82. The second-order valence-corrected chi connectivity index (χ2v) is 7.40. The summed E-state index contributed by atoms with van der Waals surface area (Å²) in [4.78, 5) is 14.5. The van der Waals surface area contributed by atoms with Crippen LogP contribution in [0.1, 0.15) is 21.5 Å². The minimum absolute atomic E-state index is 0.0327. The molecule has 2 heterocycles. The summed E-state index contributed by atoms with van der Waals surface area (Å²) in [6.07, 6.45) is -4.95. The smallest absolute Gasteiger partial charge is 0.370 e. The van der Waals surface area contributed by atoms with Crippen LogP contribution in [-0.2, 0) is 31.3 Å². The van der Waals surface area contributed by atoms with E-state index in [4.69, 9.17) is 20.9 Å². The monoisotopic (exact) mass is 379 g/mol. The number of ether oxygens (including phenoxy) is 2. The first-order chi connectivity index (χ1) is 11.5. The maximum Gasteiger partial charge on any atom is 0.417 e. The van der Waals surface area contributed by atoms with Crippen LogP contribution in [0.25, 0.3) is 0 Å². The minimum Gasteiger partial charge on any atom is -0.370 e. The Morgan fingerprint density at radius 2 is 1.80 bits per heavy atom. The normalized spacial score (nSPS) is 20.4. The van der Waals surface area contributed by atoms with Crippen molar-refractivity contribution in [2.75, 3.05) is 19.0 Å². The summed E-state index contributed by atoms with van der Waals surface area (Å²) in [5.41, 5.74) is 7.39. The standard InChI is InChI=1S/C13H12F3N3O5S/c14-13(15,16)7-4-8-9(3-6(7)10(20)19-11(17)18)25(21,22)5-12(8)23-1-2-24-12/h3-4H,1-2,5H2,(H4,17,18,19,20). The zero-order valence-corrected chi connectivity index (χ0v) is 13.3. The number of benzene rings is 1. The lowest BCUT2D eigenvalue weighted by molar-refractivity contribution is -0.147. The van der Waals surface area contributed by atoms with Crippen LogP contribution in [-0.4, -0.2) is 39.3 Å². The molecule has 2 aliphatic heterocycles. The number of carbonyl (C=O) groups excluding carboxylic acids is 1. The highest BCUT2D eigenvalue weighted by atomic mass is 32.2. The molecular weight excluding hydrogens is 367 g/mol. The van der Waals surface area contributed by atoms with E-state index in [0.29, 0.717) is 12.1 Å².